The van der Waals surface area contributed by atoms with Crippen LogP contribution >= 0.6 is 23.1 Å². The third-order valence-electron chi connectivity index (χ3n) is 3.65. The Morgan fingerprint density at radius 1 is 1.12 bits per heavy atom. The zero-order valence-electron chi connectivity index (χ0n) is 13.9. The molecule has 1 atom stereocenters. The smallest absolute Gasteiger partial charge is 0.288 e. The lowest BCUT2D eigenvalue weighted by Crippen LogP contribution is -2.26. The number of halogens is 2. The highest BCUT2D eigenvalue weighted by molar-refractivity contribution is 7.99. The second kappa shape index (κ2) is 8.42. The maximum atomic E-state index is 12.3. The lowest BCUT2D eigenvalue weighted by Gasteiger charge is -2.11. The molecule has 134 valence electrons. The molecular weight excluding hydrogens is 374 g/mol. The third kappa shape index (κ3) is 4.68. The minimum absolute atomic E-state index is 0.250. The quantitative estimate of drug-likeness (QED) is 0.556. The molecule has 26 heavy (non-hydrogen) atoms. The first-order valence-electron chi connectivity index (χ1n) is 7.89. The number of hydrogen-bond acceptors (Lipinski definition) is 4. The molecule has 1 N–H and O–H groups in total. The number of benzene rings is 2. The molecule has 3 nitrogen and oxygen atoms in total. The van der Waals surface area contributed by atoms with Crippen LogP contribution in [0.15, 0.2) is 64.9 Å². The second-order valence-electron chi connectivity index (χ2n) is 5.54. The number of nitrogens with one attached hydrogen (secondary N) is 1. The predicted molar refractivity (Wildman–Crippen MR) is 102 cm³/mol. The van der Waals surface area contributed by atoms with Gasteiger partial charge in [-0.05, 0) is 31.2 Å². The number of amides is 1. The maximum absolute atomic E-state index is 12.3. The van der Waals surface area contributed by atoms with Crippen LogP contribution in [0.2, 0.25) is 0 Å². The Morgan fingerprint density at radius 3 is 2.46 bits per heavy atom. The highest BCUT2D eigenvalue weighted by Crippen LogP contribution is 2.27. The van der Waals surface area contributed by atoms with Gasteiger partial charge in [0.05, 0.1) is 11.7 Å². The molecule has 0 saturated heterocycles. The average molecular weight is 390 g/mol. The highest BCUT2D eigenvalue weighted by atomic mass is 32.2. The first-order chi connectivity index (χ1) is 12.5. The van der Waals surface area contributed by atoms with Crippen molar-refractivity contribution in [1.29, 1.82) is 0 Å². The van der Waals surface area contributed by atoms with Gasteiger partial charge in [0, 0.05) is 21.4 Å². The van der Waals surface area contributed by atoms with Crippen molar-refractivity contribution < 1.29 is 13.6 Å². The van der Waals surface area contributed by atoms with E-state index in [2.05, 4.69) is 10.3 Å². The van der Waals surface area contributed by atoms with E-state index >= 15 is 0 Å². The summed E-state index contributed by atoms with van der Waals surface area (Å²) < 4.78 is 24.7. The van der Waals surface area contributed by atoms with Crippen molar-refractivity contribution in [1.82, 2.24) is 10.3 Å². The molecular formula is C19H16F2N2OS2. The first-order valence-corrected chi connectivity index (χ1v) is 9.65. The van der Waals surface area contributed by atoms with Gasteiger partial charge in [-0.2, -0.15) is 8.78 Å². The van der Waals surface area contributed by atoms with Gasteiger partial charge < -0.3 is 5.32 Å². The summed E-state index contributed by atoms with van der Waals surface area (Å²) in [6.45, 7) is 1.87. The molecule has 0 aliphatic heterocycles. The van der Waals surface area contributed by atoms with Crippen LogP contribution in [0.3, 0.4) is 0 Å². The molecule has 1 amide bonds. The van der Waals surface area contributed by atoms with E-state index in [1.54, 1.807) is 12.1 Å². The maximum Gasteiger partial charge on any atom is 0.288 e. The molecule has 0 fully saturated rings. The van der Waals surface area contributed by atoms with Crippen molar-refractivity contribution in [2.75, 3.05) is 0 Å². The van der Waals surface area contributed by atoms with E-state index < -0.39 is 5.76 Å². The number of alkyl halides is 2. The Bertz CT molecular complexity index is 867. The van der Waals surface area contributed by atoms with Crippen LogP contribution in [0.4, 0.5) is 8.78 Å². The predicted octanol–water partition coefficient (Wildman–Crippen LogP) is 5.62. The van der Waals surface area contributed by atoms with Crippen molar-refractivity contribution in [2.24, 2.45) is 0 Å². The Morgan fingerprint density at radius 2 is 1.81 bits per heavy atom. The summed E-state index contributed by atoms with van der Waals surface area (Å²) in [5, 5.41) is 5.66. The zero-order valence-corrected chi connectivity index (χ0v) is 15.5. The van der Waals surface area contributed by atoms with Gasteiger partial charge in [-0.25, -0.2) is 4.98 Å². The van der Waals surface area contributed by atoms with Gasteiger partial charge in [0.25, 0.3) is 11.7 Å². The first kappa shape index (κ1) is 18.5. The van der Waals surface area contributed by atoms with Crippen molar-refractivity contribution in [3.05, 3.63) is 70.5 Å². The molecule has 0 saturated carbocycles. The van der Waals surface area contributed by atoms with Crippen LogP contribution in [-0.2, 0) is 0 Å². The number of carbonyl (C=O) groups is 1. The number of aromatic nitrogens is 1. The van der Waals surface area contributed by atoms with E-state index in [-0.39, 0.29) is 11.9 Å². The van der Waals surface area contributed by atoms with Crippen LogP contribution in [0.25, 0.3) is 11.3 Å². The van der Waals surface area contributed by atoms with Crippen LogP contribution in [0.5, 0.6) is 0 Å². The molecule has 0 bridgehead atoms. The van der Waals surface area contributed by atoms with Crippen molar-refractivity contribution >= 4 is 29.0 Å². The number of thiazole rings is 1. The Balaban J connectivity index is 1.65. The summed E-state index contributed by atoms with van der Waals surface area (Å²) in [6, 6.07) is 15.7. The number of thioether (sulfide) groups is 1. The van der Waals surface area contributed by atoms with Crippen molar-refractivity contribution in [3.63, 3.8) is 0 Å². The van der Waals surface area contributed by atoms with E-state index in [9.17, 15) is 13.6 Å². The minimum atomic E-state index is -2.47. The van der Waals surface area contributed by atoms with Crippen LogP contribution in [0, 0.1) is 0 Å². The fraction of sp³-hybridized carbons (Fsp3) is 0.158. The molecule has 3 aromatic rings. The number of rotatable bonds is 6. The summed E-state index contributed by atoms with van der Waals surface area (Å²) in [5.74, 6) is -2.74. The molecule has 0 spiro atoms. The SMILES string of the molecule is CC(NC(=O)c1ccc(SC(F)F)cc1)c1nc(-c2ccccc2)cs1. The molecule has 0 aliphatic rings. The van der Waals surface area contributed by atoms with E-state index in [0.29, 0.717) is 22.2 Å². The lowest BCUT2D eigenvalue weighted by atomic mass is 10.2. The van der Waals surface area contributed by atoms with Crippen molar-refractivity contribution in [3.8, 4) is 11.3 Å². The molecule has 2 aromatic carbocycles. The standard InChI is InChI=1S/C19H16F2N2OS2/c1-12(18-23-16(11-25-18)13-5-3-2-4-6-13)22-17(24)14-7-9-15(10-8-14)26-19(20)21/h2-12,19H,1H3,(H,22,24). The monoisotopic (exact) mass is 390 g/mol. The van der Waals surface area contributed by atoms with Crippen LogP contribution in [0.1, 0.15) is 28.3 Å². The van der Waals surface area contributed by atoms with Gasteiger partial charge >= 0.3 is 0 Å². The van der Waals surface area contributed by atoms with E-state index in [4.69, 9.17) is 0 Å². The number of nitrogens with zero attached hydrogens (tertiary/aromatic N) is 1. The van der Waals surface area contributed by atoms with E-state index in [0.717, 1.165) is 16.3 Å². The zero-order chi connectivity index (χ0) is 18.5. The van der Waals surface area contributed by atoms with Gasteiger partial charge in [0.1, 0.15) is 5.01 Å². The number of hydrogen-bond donors (Lipinski definition) is 1. The molecule has 7 heteroatoms. The fourth-order valence-electron chi connectivity index (χ4n) is 2.36. The summed E-state index contributed by atoms with van der Waals surface area (Å²) in [7, 11) is 0. The molecule has 1 unspecified atom stereocenters. The molecule has 3 rings (SSSR count). The summed E-state index contributed by atoms with van der Waals surface area (Å²) in [5.41, 5.74) is 2.33. The lowest BCUT2D eigenvalue weighted by molar-refractivity contribution is 0.0940. The Hall–Kier alpha value is -2.25. The van der Waals surface area contributed by atoms with E-state index in [1.165, 1.54) is 23.5 Å². The third-order valence-corrected chi connectivity index (χ3v) is 5.40. The molecule has 1 heterocycles. The van der Waals surface area contributed by atoms with Gasteiger partial charge in [-0.3, -0.25) is 4.79 Å². The van der Waals surface area contributed by atoms with E-state index in [1.807, 2.05) is 42.6 Å². The van der Waals surface area contributed by atoms with Crippen LogP contribution in [-0.4, -0.2) is 16.6 Å². The fourth-order valence-corrected chi connectivity index (χ4v) is 3.69. The van der Waals surface area contributed by atoms with Gasteiger partial charge in [0.2, 0.25) is 0 Å². The Kier molecular flexibility index (Phi) is 6.00. The van der Waals surface area contributed by atoms with Gasteiger partial charge in [-0.15, -0.1) is 11.3 Å². The Labute approximate surface area is 158 Å². The molecule has 0 radical (unpaired) electrons. The normalized spacial score (nSPS) is 12.2. The summed E-state index contributed by atoms with van der Waals surface area (Å²) in [6.07, 6.45) is 0. The largest absolute Gasteiger partial charge is 0.343 e. The number of carbonyl (C=O) groups excluding carboxylic acids is 1. The summed E-state index contributed by atoms with van der Waals surface area (Å²) >= 11 is 1.94. The topological polar surface area (TPSA) is 42.0 Å². The van der Waals surface area contributed by atoms with Gasteiger partial charge in [-0.1, -0.05) is 42.1 Å². The van der Waals surface area contributed by atoms with Crippen LogP contribution < -0.4 is 5.32 Å². The van der Waals surface area contributed by atoms with Gasteiger partial charge in [0.15, 0.2) is 0 Å². The second-order valence-corrected chi connectivity index (χ2v) is 7.49. The molecule has 0 aliphatic carbocycles. The molecule has 1 aromatic heterocycles. The highest BCUT2D eigenvalue weighted by Gasteiger charge is 2.15. The van der Waals surface area contributed by atoms with Crippen molar-refractivity contribution in [2.45, 2.75) is 23.6 Å². The summed E-state index contributed by atoms with van der Waals surface area (Å²) in [4.78, 5) is 17.4. The minimum Gasteiger partial charge on any atom is -0.343 e. The average Bonchev–Trinajstić information content (AvgIpc) is 3.13.